The molecule has 1 rings (SSSR count). The van der Waals surface area contributed by atoms with E-state index in [1.54, 1.807) is 0 Å². The molecule has 0 bridgehead atoms. The van der Waals surface area contributed by atoms with E-state index in [2.05, 4.69) is 6.92 Å². The molecule has 0 aromatic rings. The van der Waals surface area contributed by atoms with E-state index in [1.165, 1.54) is 0 Å². The molecule has 0 aliphatic carbocycles. The Bertz CT molecular complexity index is 154. The van der Waals surface area contributed by atoms with E-state index in [0.29, 0.717) is 6.42 Å². The maximum absolute atomic E-state index is 9.58. The molecule has 0 spiro atoms. The van der Waals surface area contributed by atoms with Crippen LogP contribution >= 0.6 is 0 Å². The molecule has 0 radical (unpaired) electrons. The van der Waals surface area contributed by atoms with Gasteiger partial charge >= 0.3 is 0 Å². The number of rotatable bonds is 3. The summed E-state index contributed by atoms with van der Waals surface area (Å²) in [7, 11) is 0. The van der Waals surface area contributed by atoms with Gasteiger partial charge in [0.25, 0.3) is 0 Å². The van der Waals surface area contributed by atoms with Crippen LogP contribution in [-0.4, -0.2) is 58.2 Å². The van der Waals surface area contributed by atoms with Crippen LogP contribution in [-0.2, 0) is 0 Å². The minimum absolute atomic E-state index is 0.0851. The van der Waals surface area contributed by atoms with E-state index in [-0.39, 0.29) is 12.6 Å². The molecule has 4 heteroatoms. The molecular formula is C9H19NO3. The van der Waals surface area contributed by atoms with Crippen molar-refractivity contribution in [3.8, 4) is 0 Å². The van der Waals surface area contributed by atoms with Crippen molar-refractivity contribution < 1.29 is 15.3 Å². The molecule has 1 heterocycles. The molecule has 1 saturated heterocycles. The highest BCUT2D eigenvalue weighted by molar-refractivity contribution is 4.88. The van der Waals surface area contributed by atoms with Gasteiger partial charge in [0, 0.05) is 6.54 Å². The first kappa shape index (κ1) is 10.9. The Hall–Kier alpha value is -0.160. The highest BCUT2D eigenvalue weighted by atomic mass is 16.3. The summed E-state index contributed by atoms with van der Waals surface area (Å²) >= 11 is 0. The predicted octanol–water partition coefficient (Wildman–Crippen LogP) is -0.815. The molecule has 0 amide bonds. The van der Waals surface area contributed by atoms with Gasteiger partial charge < -0.3 is 15.3 Å². The normalized spacial score (nSPS) is 36.5. The van der Waals surface area contributed by atoms with E-state index < -0.39 is 12.2 Å². The summed E-state index contributed by atoms with van der Waals surface area (Å²) in [5.41, 5.74) is 0. The lowest BCUT2D eigenvalue weighted by atomic mass is 9.96. The van der Waals surface area contributed by atoms with Crippen molar-refractivity contribution in [3.05, 3.63) is 0 Å². The summed E-state index contributed by atoms with van der Waals surface area (Å²) in [5.74, 6) is 0. The molecule has 4 nitrogen and oxygen atoms in total. The fourth-order valence-electron chi connectivity index (χ4n) is 1.90. The minimum Gasteiger partial charge on any atom is -0.395 e. The number of aliphatic hydroxyl groups is 3. The molecule has 78 valence electrons. The highest BCUT2D eigenvalue weighted by Crippen LogP contribution is 2.18. The summed E-state index contributed by atoms with van der Waals surface area (Å²) in [6.45, 7) is 3.61. The van der Waals surface area contributed by atoms with E-state index in [9.17, 15) is 10.2 Å². The molecular weight excluding hydrogens is 170 g/mol. The Labute approximate surface area is 78.8 Å². The molecule has 3 atom stereocenters. The van der Waals surface area contributed by atoms with E-state index in [1.807, 2.05) is 4.90 Å². The summed E-state index contributed by atoms with van der Waals surface area (Å²) in [5, 5.41) is 28.0. The molecule has 1 fully saturated rings. The highest BCUT2D eigenvalue weighted by Gasteiger charge is 2.34. The van der Waals surface area contributed by atoms with Crippen molar-refractivity contribution >= 4 is 0 Å². The monoisotopic (exact) mass is 189 g/mol. The number of hydrogen-bond acceptors (Lipinski definition) is 4. The first-order chi connectivity index (χ1) is 6.20. The number of piperidine rings is 1. The van der Waals surface area contributed by atoms with Gasteiger partial charge in [0.2, 0.25) is 0 Å². The van der Waals surface area contributed by atoms with Crippen LogP contribution < -0.4 is 0 Å². The van der Waals surface area contributed by atoms with Gasteiger partial charge in [-0.2, -0.15) is 0 Å². The van der Waals surface area contributed by atoms with Crippen LogP contribution in [0.2, 0.25) is 0 Å². The Kier molecular flexibility index (Phi) is 4.12. The Balaban J connectivity index is 2.55. The average molecular weight is 189 g/mol. The zero-order chi connectivity index (χ0) is 9.84. The van der Waals surface area contributed by atoms with Gasteiger partial charge in [-0.3, -0.25) is 4.90 Å². The van der Waals surface area contributed by atoms with Gasteiger partial charge in [0.1, 0.15) is 0 Å². The fraction of sp³-hybridized carbons (Fsp3) is 1.00. The molecule has 3 N–H and O–H groups in total. The smallest absolute Gasteiger partial charge is 0.0976 e. The van der Waals surface area contributed by atoms with E-state index in [0.717, 1.165) is 19.5 Å². The van der Waals surface area contributed by atoms with Crippen LogP contribution in [0.15, 0.2) is 0 Å². The van der Waals surface area contributed by atoms with Crippen molar-refractivity contribution in [2.24, 2.45) is 0 Å². The van der Waals surface area contributed by atoms with Crippen LogP contribution in [0.4, 0.5) is 0 Å². The van der Waals surface area contributed by atoms with Gasteiger partial charge in [0.15, 0.2) is 0 Å². The van der Waals surface area contributed by atoms with Gasteiger partial charge in [0.05, 0.1) is 24.9 Å². The number of nitrogens with zero attached hydrogens (tertiary/aromatic N) is 1. The summed E-state index contributed by atoms with van der Waals surface area (Å²) < 4.78 is 0. The zero-order valence-electron chi connectivity index (χ0n) is 8.06. The molecule has 0 aromatic heterocycles. The number of hydrogen-bond donors (Lipinski definition) is 3. The second kappa shape index (κ2) is 4.91. The standard InChI is InChI=1S/C9H19NO3/c1-2-4-10-5-3-8(12)9(13)7(10)6-11/h7-9,11-13H,2-6H2,1H3/t7-,8+,9+/m0/s1. The van der Waals surface area contributed by atoms with Crippen molar-refractivity contribution in [2.75, 3.05) is 19.7 Å². The second-order valence-corrected chi connectivity index (χ2v) is 3.63. The third-order valence-corrected chi connectivity index (χ3v) is 2.67. The van der Waals surface area contributed by atoms with E-state index in [4.69, 9.17) is 5.11 Å². The maximum atomic E-state index is 9.58. The van der Waals surface area contributed by atoms with Crippen LogP contribution in [0.3, 0.4) is 0 Å². The maximum Gasteiger partial charge on any atom is 0.0976 e. The average Bonchev–Trinajstić information content (AvgIpc) is 2.12. The van der Waals surface area contributed by atoms with Gasteiger partial charge in [-0.25, -0.2) is 0 Å². The molecule has 1 aliphatic heterocycles. The largest absolute Gasteiger partial charge is 0.395 e. The predicted molar refractivity (Wildman–Crippen MR) is 49.4 cm³/mol. The second-order valence-electron chi connectivity index (χ2n) is 3.63. The molecule has 0 saturated carbocycles. The Morgan fingerprint density at radius 2 is 2.08 bits per heavy atom. The lowest BCUT2D eigenvalue weighted by Crippen LogP contribution is -2.56. The minimum atomic E-state index is -0.801. The molecule has 13 heavy (non-hydrogen) atoms. The lowest BCUT2D eigenvalue weighted by Gasteiger charge is -2.40. The SMILES string of the molecule is CCCN1CC[C@@H](O)[C@H](O)[C@@H]1CO. The molecule has 0 unspecified atom stereocenters. The quantitative estimate of drug-likeness (QED) is 0.543. The van der Waals surface area contributed by atoms with Crippen LogP contribution in [0, 0.1) is 0 Å². The van der Waals surface area contributed by atoms with Crippen LogP contribution in [0.5, 0.6) is 0 Å². The Morgan fingerprint density at radius 1 is 1.38 bits per heavy atom. The van der Waals surface area contributed by atoms with Crippen molar-refractivity contribution in [2.45, 2.75) is 38.0 Å². The van der Waals surface area contributed by atoms with Crippen molar-refractivity contribution in [1.82, 2.24) is 4.90 Å². The lowest BCUT2D eigenvalue weighted by molar-refractivity contribution is -0.0892. The zero-order valence-corrected chi connectivity index (χ0v) is 8.06. The van der Waals surface area contributed by atoms with Crippen molar-refractivity contribution in [1.29, 1.82) is 0 Å². The third-order valence-electron chi connectivity index (χ3n) is 2.67. The Morgan fingerprint density at radius 3 is 2.62 bits per heavy atom. The van der Waals surface area contributed by atoms with Gasteiger partial charge in [-0.05, 0) is 19.4 Å². The van der Waals surface area contributed by atoms with Gasteiger partial charge in [-0.1, -0.05) is 6.92 Å². The first-order valence-corrected chi connectivity index (χ1v) is 4.91. The number of likely N-dealkylation sites (tertiary alicyclic amines) is 1. The van der Waals surface area contributed by atoms with Gasteiger partial charge in [-0.15, -0.1) is 0 Å². The van der Waals surface area contributed by atoms with Crippen LogP contribution in [0.25, 0.3) is 0 Å². The third kappa shape index (κ3) is 2.40. The molecule has 0 aromatic carbocycles. The van der Waals surface area contributed by atoms with Crippen molar-refractivity contribution in [3.63, 3.8) is 0 Å². The summed E-state index contributed by atoms with van der Waals surface area (Å²) in [6.07, 6.45) is 0.118. The summed E-state index contributed by atoms with van der Waals surface area (Å²) in [6, 6.07) is -0.288. The van der Waals surface area contributed by atoms with Crippen LogP contribution in [0.1, 0.15) is 19.8 Å². The topological polar surface area (TPSA) is 63.9 Å². The fourth-order valence-corrected chi connectivity index (χ4v) is 1.90. The number of aliphatic hydroxyl groups excluding tert-OH is 3. The van der Waals surface area contributed by atoms with E-state index >= 15 is 0 Å². The first-order valence-electron chi connectivity index (χ1n) is 4.91. The molecule has 1 aliphatic rings. The summed E-state index contributed by atoms with van der Waals surface area (Å²) in [4.78, 5) is 2.04.